The van der Waals surface area contributed by atoms with Crippen LogP contribution >= 0.6 is 0 Å². The zero-order chi connectivity index (χ0) is 12.4. The summed E-state index contributed by atoms with van der Waals surface area (Å²) in [5.74, 6) is -0.0859. The van der Waals surface area contributed by atoms with Crippen LogP contribution in [0.4, 0.5) is 0 Å². The van der Waals surface area contributed by atoms with Crippen LogP contribution in [0, 0.1) is 6.92 Å². The second-order valence-electron chi connectivity index (χ2n) is 4.12. The van der Waals surface area contributed by atoms with Gasteiger partial charge in [-0.05, 0) is 36.1 Å². The summed E-state index contributed by atoms with van der Waals surface area (Å²) >= 11 is 0. The maximum Gasteiger partial charge on any atom is 0.165 e. The third-order valence-corrected chi connectivity index (χ3v) is 3.09. The molecule has 0 unspecified atom stereocenters. The zero-order valence-corrected chi connectivity index (χ0v) is 10.1. The molecule has 0 spiro atoms. The first-order chi connectivity index (χ1) is 8.15. The average molecular weight is 228 g/mol. The molecule has 0 fully saturated rings. The smallest absolute Gasteiger partial charge is 0.165 e. The molecule has 0 aliphatic heterocycles. The Balaban J connectivity index is 2.72. The van der Waals surface area contributed by atoms with Crippen molar-refractivity contribution in [2.75, 3.05) is 0 Å². The summed E-state index contributed by atoms with van der Waals surface area (Å²) in [7, 11) is 0. The Morgan fingerprint density at radius 2 is 1.71 bits per heavy atom. The maximum absolute atomic E-state index is 10.0. The van der Waals surface area contributed by atoms with Gasteiger partial charge in [0, 0.05) is 5.56 Å². The third kappa shape index (κ3) is 1.98. The molecule has 0 heterocycles. The standard InChI is InChI=1S/C15H16O2/c1-3-11-9-13(16)15(17)14(10(11)2)12-7-5-4-6-8-12/h4-9,16-17H,3H2,1-2H3. The van der Waals surface area contributed by atoms with Crippen LogP contribution in [-0.2, 0) is 6.42 Å². The fourth-order valence-electron chi connectivity index (χ4n) is 2.13. The second kappa shape index (κ2) is 4.50. The summed E-state index contributed by atoms with van der Waals surface area (Å²) in [5.41, 5.74) is 3.73. The Morgan fingerprint density at radius 3 is 2.29 bits per heavy atom. The van der Waals surface area contributed by atoms with Crippen molar-refractivity contribution in [2.45, 2.75) is 20.3 Å². The van der Waals surface area contributed by atoms with E-state index in [0.717, 1.165) is 28.7 Å². The first-order valence-corrected chi connectivity index (χ1v) is 5.75. The average Bonchev–Trinajstić information content (AvgIpc) is 2.35. The number of hydrogen-bond donors (Lipinski definition) is 2. The predicted octanol–water partition coefficient (Wildman–Crippen LogP) is 3.64. The van der Waals surface area contributed by atoms with Crippen molar-refractivity contribution in [1.82, 2.24) is 0 Å². The second-order valence-corrected chi connectivity index (χ2v) is 4.12. The Kier molecular flexibility index (Phi) is 3.05. The molecule has 0 aliphatic carbocycles. The van der Waals surface area contributed by atoms with Crippen molar-refractivity contribution in [3.05, 3.63) is 47.5 Å². The minimum atomic E-state index is -0.0497. The quantitative estimate of drug-likeness (QED) is 0.770. The highest BCUT2D eigenvalue weighted by molar-refractivity contribution is 5.77. The number of hydrogen-bond acceptors (Lipinski definition) is 2. The van der Waals surface area contributed by atoms with Crippen molar-refractivity contribution in [2.24, 2.45) is 0 Å². The van der Waals surface area contributed by atoms with E-state index in [4.69, 9.17) is 0 Å². The Hall–Kier alpha value is -1.96. The Morgan fingerprint density at radius 1 is 1.06 bits per heavy atom. The van der Waals surface area contributed by atoms with E-state index in [1.54, 1.807) is 6.07 Å². The molecule has 0 aromatic heterocycles. The van der Waals surface area contributed by atoms with E-state index in [0.29, 0.717) is 0 Å². The van der Waals surface area contributed by atoms with Crippen LogP contribution in [0.3, 0.4) is 0 Å². The highest BCUT2D eigenvalue weighted by Gasteiger charge is 2.14. The number of aryl methyl sites for hydroxylation is 1. The van der Waals surface area contributed by atoms with E-state index in [1.807, 2.05) is 44.2 Å². The molecular weight excluding hydrogens is 212 g/mol. The molecule has 2 rings (SSSR count). The van der Waals surface area contributed by atoms with E-state index in [1.165, 1.54) is 0 Å². The molecule has 2 nitrogen and oxygen atoms in total. The monoisotopic (exact) mass is 228 g/mol. The lowest BCUT2D eigenvalue weighted by molar-refractivity contribution is 0.404. The summed E-state index contributed by atoms with van der Waals surface area (Å²) in [6.45, 7) is 4.01. The van der Waals surface area contributed by atoms with Crippen molar-refractivity contribution in [3.63, 3.8) is 0 Å². The van der Waals surface area contributed by atoms with Gasteiger partial charge in [0.15, 0.2) is 11.5 Å². The summed E-state index contributed by atoms with van der Waals surface area (Å²) in [6.07, 6.45) is 0.833. The summed E-state index contributed by atoms with van der Waals surface area (Å²) in [5, 5.41) is 19.7. The van der Waals surface area contributed by atoms with Gasteiger partial charge >= 0.3 is 0 Å². The Labute approximate surface area is 101 Å². The van der Waals surface area contributed by atoms with Gasteiger partial charge in [0.05, 0.1) is 0 Å². The molecule has 0 atom stereocenters. The van der Waals surface area contributed by atoms with Gasteiger partial charge in [-0.15, -0.1) is 0 Å². The molecule has 0 bridgehead atoms. The van der Waals surface area contributed by atoms with E-state index in [-0.39, 0.29) is 11.5 Å². The molecule has 17 heavy (non-hydrogen) atoms. The third-order valence-electron chi connectivity index (χ3n) is 3.09. The zero-order valence-electron chi connectivity index (χ0n) is 10.1. The van der Waals surface area contributed by atoms with Gasteiger partial charge in [-0.3, -0.25) is 0 Å². The van der Waals surface area contributed by atoms with E-state index < -0.39 is 0 Å². The van der Waals surface area contributed by atoms with E-state index in [9.17, 15) is 10.2 Å². The van der Waals surface area contributed by atoms with Crippen LogP contribution in [0.15, 0.2) is 36.4 Å². The van der Waals surface area contributed by atoms with Crippen molar-refractivity contribution in [1.29, 1.82) is 0 Å². The first kappa shape index (κ1) is 11.5. The molecule has 2 aromatic carbocycles. The Bertz CT molecular complexity index is 530. The normalized spacial score (nSPS) is 10.5. The van der Waals surface area contributed by atoms with Gasteiger partial charge in [-0.25, -0.2) is 0 Å². The van der Waals surface area contributed by atoms with Gasteiger partial charge in [0.2, 0.25) is 0 Å². The van der Waals surface area contributed by atoms with E-state index >= 15 is 0 Å². The van der Waals surface area contributed by atoms with Gasteiger partial charge in [-0.2, -0.15) is 0 Å². The molecule has 0 saturated heterocycles. The van der Waals surface area contributed by atoms with Crippen LogP contribution in [0.25, 0.3) is 11.1 Å². The van der Waals surface area contributed by atoms with Crippen LogP contribution < -0.4 is 0 Å². The largest absolute Gasteiger partial charge is 0.504 e. The number of aromatic hydroxyl groups is 2. The van der Waals surface area contributed by atoms with Gasteiger partial charge in [0.25, 0.3) is 0 Å². The predicted molar refractivity (Wildman–Crippen MR) is 69.3 cm³/mol. The molecule has 88 valence electrons. The number of benzene rings is 2. The molecule has 0 saturated carbocycles. The molecule has 2 aromatic rings. The first-order valence-electron chi connectivity index (χ1n) is 5.75. The van der Waals surface area contributed by atoms with Crippen molar-refractivity contribution in [3.8, 4) is 22.6 Å². The van der Waals surface area contributed by atoms with E-state index in [2.05, 4.69) is 0 Å². The lowest BCUT2D eigenvalue weighted by atomic mass is 9.94. The summed E-state index contributed by atoms with van der Waals surface area (Å²) in [4.78, 5) is 0. The fourth-order valence-corrected chi connectivity index (χ4v) is 2.13. The summed E-state index contributed by atoms with van der Waals surface area (Å²) in [6, 6.07) is 11.3. The van der Waals surface area contributed by atoms with Crippen LogP contribution in [0.5, 0.6) is 11.5 Å². The molecular formula is C15H16O2. The van der Waals surface area contributed by atoms with Crippen molar-refractivity contribution < 1.29 is 10.2 Å². The molecule has 0 aliphatic rings. The lowest BCUT2D eigenvalue weighted by Crippen LogP contribution is -1.92. The number of phenolic OH excluding ortho intramolecular Hbond substituents is 2. The summed E-state index contributed by atoms with van der Waals surface area (Å²) < 4.78 is 0. The van der Waals surface area contributed by atoms with Gasteiger partial charge in [0.1, 0.15) is 0 Å². The highest BCUT2D eigenvalue weighted by atomic mass is 16.3. The molecule has 0 radical (unpaired) electrons. The topological polar surface area (TPSA) is 40.5 Å². The molecule has 2 heteroatoms. The lowest BCUT2D eigenvalue weighted by Gasteiger charge is -2.14. The minimum Gasteiger partial charge on any atom is -0.504 e. The van der Waals surface area contributed by atoms with Crippen LogP contribution in [0.2, 0.25) is 0 Å². The minimum absolute atomic E-state index is 0.0362. The highest BCUT2D eigenvalue weighted by Crippen LogP contribution is 2.40. The molecule has 0 amide bonds. The van der Waals surface area contributed by atoms with Crippen LogP contribution in [0.1, 0.15) is 18.1 Å². The molecule has 2 N–H and O–H groups in total. The SMILES string of the molecule is CCc1cc(O)c(O)c(-c2ccccc2)c1C. The number of phenols is 2. The van der Waals surface area contributed by atoms with Crippen molar-refractivity contribution >= 4 is 0 Å². The van der Waals surface area contributed by atoms with Crippen LogP contribution in [-0.4, -0.2) is 10.2 Å². The van der Waals surface area contributed by atoms with Gasteiger partial charge in [-0.1, -0.05) is 37.3 Å². The van der Waals surface area contributed by atoms with Gasteiger partial charge < -0.3 is 10.2 Å². The maximum atomic E-state index is 10.0. The fraction of sp³-hybridized carbons (Fsp3) is 0.200. The number of rotatable bonds is 2.